The Kier molecular flexibility index (Phi) is 4.04. The molecule has 1 unspecified atom stereocenters. The molecule has 88 valence electrons. The van der Waals surface area contributed by atoms with Crippen molar-refractivity contribution in [3.63, 3.8) is 0 Å². The van der Waals surface area contributed by atoms with Crippen molar-refractivity contribution in [3.05, 3.63) is 35.4 Å². The Balaban J connectivity index is 1.91. The summed E-state index contributed by atoms with van der Waals surface area (Å²) in [6.07, 6.45) is 8.72. The van der Waals surface area contributed by atoms with Gasteiger partial charge in [-0.1, -0.05) is 68.9 Å². The third kappa shape index (κ3) is 3.10. The molecule has 1 aliphatic carbocycles. The summed E-state index contributed by atoms with van der Waals surface area (Å²) >= 11 is 0. The SMILES string of the molecule is Cc1ccc(C(C)CC2CCCCC2)cc1. The molecule has 0 spiro atoms. The molecule has 0 aromatic heterocycles. The van der Waals surface area contributed by atoms with Crippen molar-refractivity contribution in [2.75, 3.05) is 0 Å². The van der Waals surface area contributed by atoms with Gasteiger partial charge in [0.15, 0.2) is 0 Å². The van der Waals surface area contributed by atoms with E-state index in [0.29, 0.717) is 0 Å². The van der Waals surface area contributed by atoms with Gasteiger partial charge in [0, 0.05) is 0 Å². The van der Waals surface area contributed by atoms with Crippen molar-refractivity contribution in [2.45, 2.75) is 58.3 Å². The molecule has 1 aliphatic rings. The highest BCUT2D eigenvalue weighted by Gasteiger charge is 2.17. The molecule has 0 radical (unpaired) electrons. The van der Waals surface area contributed by atoms with Crippen LogP contribution >= 0.6 is 0 Å². The van der Waals surface area contributed by atoms with Crippen LogP contribution in [0.25, 0.3) is 0 Å². The van der Waals surface area contributed by atoms with E-state index in [-0.39, 0.29) is 0 Å². The first-order valence-electron chi connectivity index (χ1n) is 6.82. The summed E-state index contributed by atoms with van der Waals surface area (Å²) < 4.78 is 0. The second-order valence-corrected chi connectivity index (χ2v) is 5.55. The molecule has 0 N–H and O–H groups in total. The van der Waals surface area contributed by atoms with E-state index in [1.807, 2.05) is 0 Å². The molecule has 1 saturated carbocycles. The fourth-order valence-electron chi connectivity index (χ4n) is 2.95. The molecule has 0 saturated heterocycles. The van der Waals surface area contributed by atoms with Crippen LogP contribution in [-0.4, -0.2) is 0 Å². The summed E-state index contributed by atoms with van der Waals surface area (Å²) in [7, 11) is 0. The quantitative estimate of drug-likeness (QED) is 0.662. The summed E-state index contributed by atoms with van der Waals surface area (Å²) in [6.45, 7) is 4.55. The largest absolute Gasteiger partial charge is 0.0590 e. The van der Waals surface area contributed by atoms with Gasteiger partial charge in [-0.3, -0.25) is 0 Å². The Hall–Kier alpha value is -0.780. The van der Waals surface area contributed by atoms with E-state index in [0.717, 1.165) is 11.8 Å². The van der Waals surface area contributed by atoms with Gasteiger partial charge in [-0.25, -0.2) is 0 Å². The lowest BCUT2D eigenvalue weighted by molar-refractivity contribution is 0.323. The minimum atomic E-state index is 0.740. The molecule has 16 heavy (non-hydrogen) atoms. The average molecular weight is 216 g/mol. The Labute approximate surface area is 100 Å². The molecule has 0 nitrogen and oxygen atoms in total. The van der Waals surface area contributed by atoms with Crippen molar-refractivity contribution in [3.8, 4) is 0 Å². The molecule has 0 heteroatoms. The van der Waals surface area contributed by atoms with E-state index in [2.05, 4.69) is 38.1 Å². The van der Waals surface area contributed by atoms with Crippen LogP contribution in [-0.2, 0) is 0 Å². The van der Waals surface area contributed by atoms with Crippen LogP contribution in [0.4, 0.5) is 0 Å². The van der Waals surface area contributed by atoms with Crippen molar-refractivity contribution in [1.29, 1.82) is 0 Å². The van der Waals surface area contributed by atoms with Crippen LogP contribution in [0.2, 0.25) is 0 Å². The Morgan fingerprint density at radius 2 is 1.69 bits per heavy atom. The molecule has 1 fully saturated rings. The number of aryl methyl sites for hydroxylation is 1. The predicted octanol–water partition coefficient (Wildman–Crippen LogP) is 5.07. The molecule has 0 bridgehead atoms. The molecule has 0 aliphatic heterocycles. The first kappa shape index (κ1) is 11.7. The molecule has 1 aromatic carbocycles. The molecular formula is C16H24. The zero-order chi connectivity index (χ0) is 11.4. The predicted molar refractivity (Wildman–Crippen MR) is 70.8 cm³/mol. The van der Waals surface area contributed by atoms with E-state index in [1.54, 1.807) is 0 Å². The van der Waals surface area contributed by atoms with E-state index >= 15 is 0 Å². The summed E-state index contributed by atoms with van der Waals surface area (Å²) in [4.78, 5) is 0. The van der Waals surface area contributed by atoms with Crippen molar-refractivity contribution < 1.29 is 0 Å². The minimum absolute atomic E-state index is 0.740. The zero-order valence-electron chi connectivity index (χ0n) is 10.7. The number of hydrogen-bond donors (Lipinski definition) is 0. The van der Waals surface area contributed by atoms with Gasteiger partial charge >= 0.3 is 0 Å². The highest BCUT2D eigenvalue weighted by Crippen LogP contribution is 2.32. The molecule has 2 rings (SSSR count). The van der Waals surface area contributed by atoms with Gasteiger partial charge in [0.05, 0.1) is 0 Å². The van der Waals surface area contributed by atoms with Gasteiger partial charge in [0.25, 0.3) is 0 Å². The van der Waals surface area contributed by atoms with Gasteiger partial charge in [-0.15, -0.1) is 0 Å². The smallest absolute Gasteiger partial charge is 0.0188 e. The van der Waals surface area contributed by atoms with E-state index in [9.17, 15) is 0 Å². The Morgan fingerprint density at radius 1 is 1.06 bits per heavy atom. The van der Waals surface area contributed by atoms with Gasteiger partial charge in [-0.2, -0.15) is 0 Å². The van der Waals surface area contributed by atoms with Crippen LogP contribution in [0, 0.1) is 12.8 Å². The van der Waals surface area contributed by atoms with Crippen LogP contribution in [0.5, 0.6) is 0 Å². The Bertz CT molecular complexity index is 303. The summed E-state index contributed by atoms with van der Waals surface area (Å²) in [6, 6.07) is 9.10. The number of hydrogen-bond acceptors (Lipinski definition) is 0. The molecule has 1 aromatic rings. The summed E-state index contributed by atoms with van der Waals surface area (Å²) in [5.41, 5.74) is 2.89. The summed E-state index contributed by atoms with van der Waals surface area (Å²) in [5.74, 6) is 1.73. The lowest BCUT2D eigenvalue weighted by Crippen LogP contribution is -2.09. The maximum Gasteiger partial charge on any atom is -0.0188 e. The zero-order valence-corrected chi connectivity index (χ0v) is 10.7. The van der Waals surface area contributed by atoms with Gasteiger partial charge in [0.1, 0.15) is 0 Å². The second-order valence-electron chi connectivity index (χ2n) is 5.55. The molecular weight excluding hydrogens is 192 g/mol. The fraction of sp³-hybridized carbons (Fsp3) is 0.625. The van der Waals surface area contributed by atoms with Gasteiger partial charge < -0.3 is 0 Å². The normalized spacial score (nSPS) is 19.6. The average Bonchev–Trinajstić information content (AvgIpc) is 2.31. The minimum Gasteiger partial charge on any atom is -0.0590 e. The van der Waals surface area contributed by atoms with Crippen LogP contribution in [0.3, 0.4) is 0 Å². The third-order valence-corrected chi connectivity index (χ3v) is 4.06. The monoisotopic (exact) mass is 216 g/mol. The lowest BCUT2D eigenvalue weighted by Gasteiger charge is -2.24. The molecule has 0 heterocycles. The lowest BCUT2D eigenvalue weighted by atomic mass is 9.81. The molecule has 1 atom stereocenters. The number of rotatable bonds is 3. The van der Waals surface area contributed by atoms with Gasteiger partial charge in [0.2, 0.25) is 0 Å². The molecule has 0 amide bonds. The van der Waals surface area contributed by atoms with E-state index < -0.39 is 0 Å². The third-order valence-electron chi connectivity index (χ3n) is 4.06. The van der Waals surface area contributed by atoms with Crippen LogP contribution in [0.15, 0.2) is 24.3 Å². The van der Waals surface area contributed by atoms with Gasteiger partial charge in [-0.05, 0) is 30.7 Å². The highest BCUT2D eigenvalue weighted by atomic mass is 14.2. The highest BCUT2D eigenvalue weighted by molar-refractivity contribution is 5.24. The maximum absolute atomic E-state index is 2.39. The van der Waals surface area contributed by atoms with Crippen LogP contribution in [0.1, 0.15) is 62.5 Å². The van der Waals surface area contributed by atoms with Crippen molar-refractivity contribution in [2.24, 2.45) is 5.92 Å². The standard InChI is InChI=1S/C16H24/c1-13-8-10-16(11-9-13)14(2)12-15-6-4-3-5-7-15/h8-11,14-15H,3-7,12H2,1-2H3. The Morgan fingerprint density at radius 3 is 2.31 bits per heavy atom. The van der Waals surface area contributed by atoms with Crippen LogP contribution < -0.4 is 0 Å². The first-order valence-corrected chi connectivity index (χ1v) is 6.82. The van der Waals surface area contributed by atoms with Crippen molar-refractivity contribution >= 4 is 0 Å². The fourth-order valence-corrected chi connectivity index (χ4v) is 2.95. The second kappa shape index (κ2) is 5.52. The first-order chi connectivity index (χ1) is 7.75. The van der Waals surface area contributed by atoms with E-state index in [4.69, 9.17) is 0 Å². The van der Waals surface area contributed by atoms with E-state index in [1.165, 1.54) is 49.7 Å². The number of benzene rings is 1. The van der Waals surface area contributed by atoms with Crippen molar-refractivity contribution in [1.82, 2.24) is 0 Å². The topological polar surface area (TPSA) is 0 Å². The maximum atomic E-state index is 2.39. The summed E-state index contributed by atoms with van der Waals surface area (Å²) in [5, 5.41) is 0.